The van der Waals surface area contributed by atoms with E-state index in [0.29, 0.717) is 5.17 Å². The fraction of sp³-hybridized carbons (Fsp3) is 0.333. The van der Waals surface area contributed by atoms with Crippen molar-refractivity contribution in [2.45, 2.75) is 18.9 Å². The summed E-state index contributed by atoms with van der Waals surface area (Å²) in [6.07, 6.45) is 3.95. The first-order chi connectivity index (χ1) is 13.2. The number of ether oxygens (including phenoxy) is 2. The molecule has 1 aliphatic carbocycles. The Morgan fingerprint density at radius 1 is 1.11 bits per heavy atom. The molecule has 0 aromatic heterocycles. The summed E-state index contributed by atoms with van der Waals surface area (Å²) >= 11 is 1.42. The van der Waals surface area contributed by atoms with Gasteiger partial charge in [0, 0.05) is 11.5 Å². The van der Waals surface area contributed by atoms with E-state index in [1.54, 1.807) is 14.2 Å². The van der Waals surface area contributed by atoms with Gasteiger partial charge in [-0.3, -0.25) is 5.41 Å². The monoisotopic (exact) mass is 509 g/mol. The summed E-state index contributed by atoms with van der Waals surface area (Å²) in [5.74, 6) is 1.94. The van der Waals surface area contributed by atoms with Crippen molar-refractivity contribution in [1.29, 1.82) is 5.41 Å². The number of nitrogens with one attached hydrogen (secondary N) is 1. The third-order valence-corrected chi connectivity index (χ3v) is 5.96. The van der Waals surface area contributed by atoms with Gasteiger partial charge in [-0.2, -0.15) is 5.10 Å². The van der Waals surface area contributed by atoms with Gasteiger partial charge in [0.05, 0.1) is 26.0 Å². The summed E-state index contributed by atoms with van der Waals surface area (Å²) in [4.78, 5) is 0. The zero-order valence-electron chi connectivity index (χ0n) is 16.1. The minimum Gasteiger partial charge on any atom is -0.497 e. The van der Waals surface area contributed by atoms with E-state index >= 15 is 0 Å². The highest BCUT2D eigenvalue weighted by Gasteiger charge is 2.43. The van der Waals surface area contributed by atoms with E-state index in [9.17, 15) is 0 Å². The fourth-order valence-corrected chi connectivity index (χ4v) is 4.35. The molecule has 0 unspecified atom stereocenters. The lowest BCUT2D eigenvalue weighted by atomic mass is 9.77. The largest absolute Gasteiger partial charge is 0.497 e. The van der Waals surface area contributed by atoms with Crippen molar-refractivity contribution in [3.8, 4) is 11.5 Å². The summed E-state index contributed by atoms with van der Waals surface area (Å²) in [6.45, 7) is 0. The maximum absolute atomic E-state index is 8.44. The first-order valence-corrected chi connectivity index (χ1v) is 10.2. The van der Waals surface area contributed by atoms with Gasteiger partial charge in [-0.15, -0.1) is 24.0 Å². The molecular formula is C21H24IN3O2S. The summed E-state index contributed by atoms with van der Waals surface area (Å²) in [5, 5.41) is 15.7. The predicted molar refractivity (Wildman–Crippen MR) is 126 cm³/mol. The van der Waals surface area contributed by atoms with Crippen LogP contribution >= 0.6 is 35.7 Å². The zero-order chi connectivity index (χ0) is 19.0. The Morgan fingerprint density at radius 3 is 2.43 bits per heavy atom. The van der Waals surface area contributed by atoms with Gasteiger partial charge in [-0.25, -0.2) is 5.01 Å². The van der Waals surface area contributed by atoms with Crippen LogP contribution in [0.15, 0.2) is 47.6 Å². The normalized spacial score (nSPS) is 19.8. The van der Waals surface area contributed by atoms with Gasteiger partial charge in [0.2, 0.25) is 0 Å². The molecule has 5 nitrogen and oxygen atoms in total. The Labute approximate surface area is 187 Å². The van der Waals surface area contributed by atoms with E-state index < -0.39 is 0 Å². The Hall–Kier alpha value is -1.74. The first kappa shape index (κ1) is 21.0. The van der Waals surface area contributed by atoms with E-state index in [2.05, 4.69) is 24.3 Å². The number of hydrogen-bond acceptors (Lipinski definition) is 5. The molecule has 2 atom stereocenters. The van der Waals surface area contributed by atoms with Crippen LogP contribution in [0.3, 0.4) is 0 Å². The van der Waals surface area contributed by atoms with Gasteiger partial charge in [0.25, 0.3) is 0 Å². The van der Waals surface area contributed by atoms with Crippen LogP contribution in [0.1, 0.15) is 29.2 Å². The number of rotatable bonds is 3. The highest BCUT2D eigenvalue weighted by atomic mass is 127. The number of halogens is 1. The van der Waals surface area contributed by atoms with Crippen LogP contribution in [-0.2, 0) is 6.42 Å². The molecule has 2 aliphatic rings. The molecule has 1 aliphatic heterocycles. The molecular weight excluding hydrogens is 485 g/mol. The number of fused-ring (bicyclic) bond motifs is 3. The quantitative estimate of drug-likeness (QED) is 0.362. The van der Waals surface area contributed by atoms with E-state index in [4.69, 9.17) is 20.0 Å². The molecule has 4 rings (SSSR count). The SMILES string of the molecule is COc1ccc([C@@H]2[C@H]3CCc4ccc(OC)cc4C3=NN2C(=N)SC)cc1.I. The summed E-state index contributed by atoms with van der Waals surface area (Å²) < 4.78 is 10.7. The smallest absolute Gasteiger partial charge is 0.177 e. The average Bonchev–Trinajstić information content (AvgIpc) is 3.12. The number of thioether (sulfide) groups is 1. The molecule has 0 spiro atoms. The number of aryl methyl sites for hydroxylation is 1. The van der Waals surface area contributed by atoms with Gasteiger partial charge in [0.15, 0.2) is 5.17 Å². The van der Waals surface area contributed by atoms with Crippen LogP contribution in [0, 0.1) is 11.3 Å². The van der Waals surface area contributed by atoms with Crippen LogP contribution in [0.2, 0.25) is 0 Å². The third-order valence-electron chi connectivity index (χ3n) is 5.39. The molecule has 0 saturated heterocycles. The molecule has 0 radical (unpaired) electrons. The van der Waals surface area contributed by atoms with E-state index in [1.165, 1.54) is 17.3 Å². The summed E-state index contributed by atoms with van der Waals surface area (Å²) in [5.41, 5.74) is 4.68. The molecule has 1 heterocycles. The standard InChI is InChI=1S/C21H23N3O2S.HI/c1-25-15-8-5-14(6-9-15)20-17-11-7-13-4-10-16(26-2)12-18(13)19(17)23-24(20)21(22)27-3;/h4-6,8-10,12,17,20,22H,7,11H2,1-3H3;1H/t17-,20+;/m0./s1. The van der Waals surface area contributed by atoms with E-state index in [0.717, 1.165) is 41.2 Å². The van der Waals surface area contributed by atoms with E-state index in [1.807, 2.05) is 29.5 Å². The van der Waals surface area contributed by atoms with Crippen LogP contribution in [0.4, 0.5) is 0 Å². The molecule has 28 heavy (non-hydrogen) atoms. The Bertz CT molecular complexity index is 901. The Balaban J connectivity index is 0.00000225. The molecule has 0 saturated carbocycles. The second-order valence-corrected chi connectivity index (χ2v) is 7.52. The van der Waals surface area contributed by atoms with Crippen molar-refractivity contribution in [1.82, 2.24) is 5.01 Å². The lowest BCUT2D eigenvalue weighted by molar-refractivity contribution is 0.310. The van der Waals surface area contributed by atoms with Crippen molar-refractivity contribution >= 4 is 46.6 Å². The number of hydrogen-bond donors (Lipinski definition) is 1. The predicted octanol–water partition coefficient (Wildman–Crippen LogP) is 4.94. The van der Waals surface area contributed by atoms with Crippen LogP contribution in [0.5, 0.6) is 11.5 Å². The van der Waals surface area contributed by atoms with Crippen molar-refractivity contribution < 1.29 is 9.47 Å². The number of benzene rings is 2. The maximum atomic E-state index is 8.44. The molecule has 0 bridgehead atoms. The highest BCUT2D eigenvalue weighted by molar-refractivity contribution is 14.0. The van der Waals surface area contributed by atoms with Crippen LogP contribution in [-0.4, -0.2) is 36.4 Å². The van der Waals surface area contributed by atoms with Gasteiger partial charge in [-0.05, 0) is 54.5 Å². The van der Waals surface area contributed by atoms with Gasteiger partial charge in [0.1, 0.15) is 11.5 Å². The lowest BCUT2D eigenvalue weighted by Crippen LogP contribution is -2.30. The van der Waals surface area contributed by atoms with Crippen molar-refractivity contribution in [2.75, 3.05) is 20.5 Å². The van der Waals surface area contributed by atoms with Crippen molar-refractivity contribution in [3.63, 3.8) is 0 Å². The third kappa shape index (κ3) is 3.61. The number of hydrazone groups is 1. The molecule has 0 amide bonds. The van der Waals surface area contributed by atoms with Gasteiger partial charge < -0.3 is 9.47 Å². The molecule has 148 valence electrons. The van der Waals surface area contributed by atoms with Crippen molar-refractivity contribution in [2.24, 2.45) is 11.0 Å². The van der Waals surface area contributed by atoms with Gasteiger partial charge in [-0.1, -0.05) is 30.0 Å². The minimum atomic E-state index is 0. The number of nitrogens with zero attached hydrogens (tertiary/aromatic N) is 2. The topological polar surface area (TPSA) is 57.9 Å². The molecule has 2 aromatic carbocycles. The fourth-order valence-electron chi connectivity index (χ4n) is 4.01. The van der Waals surface area contributed by atoms with Crippen LogP contribution in [0.25, 0.3) is 0 Å². The highest BCUT2D eigenvalue weighted by Crippen LogP contribution is 2.44. The van der Waals surface area contributed by atoms with E-state index in [-0.39, 0.29) is 35.9 Å². The molecule has 0 fully saturated rings. The maximum Gasteiger partial charge on any atom is 0.177 e. The molecule has 2 aromatic rings. The minimum absolute atomic E-state index is 0. The number of methoxy groups -OCH3 is 2. The van der Waals surface area contributed by atoms with Gasteiger partial charge >= 0.3 is 0 Å². The molecule has 1 N–H and O–H groups in total. The summed E-state index contributed by atoms with van der Waals surface area (Å²) in [6, 6.07) is 14.4. The Morgan fingerprint density at radius 2 is 1.79 bits per heavy atom. The first-order valence-electron chi connectivity index (χ1n) is 8.97. The van der Waals surface area contributed by atoms with Crippen molar-refractivity contribution in [3.05, 3.63) is 59.2 Å². The van der Waals surface area contributed by atoms with Crippen LogP contribution < -0.4 is 9.47 Å². The second-order valence-electron chi connectivity index (χ2n) is 6.73. The average molecular weight is 509 g/mol. The second kappa shape index (κ2) is 8.73. The number of amidine groups is 1. The Kier molecular flexibility index (Phi) is 6.54. The lowest BCUT2D eigenvalue weighted by Gasteiger charge is -2.30. The summed E-state index contributed by atoms with van der Waals surface area (Å²) in [7, 11) is 3.36. The zero-order valence-corrected chi connectivity index (χ0v) is 19.3. The molecule has 7 heteroatoms.